The molecule has 1 aromatic heterocycles. The number of aryl methyl sites for hydroxylation is 1. The second-order valence-electron chi connectivity index (χ2n) is 4.54. The van der Waals surface area contributed by atoms with Crippen LogP contribution in [-0.2, 0) is 18.2 Å². The van der Waals surface area contributed by atoms with Gasteiger partial charge in [0.05, 0.1) is 7.11 Å². The first-order chi connectivity index (χ1) is 7.60. The molecule has 1 aliphatic carbocycles. The molecule has 0 bridgehead atoms. The van der Waals surface area contributed by atoms with Gasteiger partial charge < -0.3 is 14.6 Å². The van der Waals surface area contributed by atoms with E-state index in [9.17, 15) is 4.79 Å². The molecule has 0 saturated heterocycles. The monoisotopic (exact) mass is 222 g/mol. The Morgan fingerprint density at radius 3 is 2.81 bits per heavy atom. The third-order valence-corrected chi connectivity index (χ3v) is 3.38. The third-order valence-electron chi connectivity index (χ3n) is 3.38. The van der Waals surface area contributed by atoms with E-state index in [-0.39, 0.29) is 11.5 Å². The van der Waals surface area contributed by atoms with Gasteiger partial charge in [-0.05, 0) is 37.9 Å². The highest BCUT2D eigenvalue weighted by Gasteiger charge is 2.41. The molecule has 0 aliphatic heterocycles. The fraction of sp³-hybridized carbons (Fsp3) is 0.583. The van der Waals surface area contributed by atoms with Gasteiger partial charge in [-0.2, -0.15) is 0 Å². The van der Waals surface area contributed by atoms with Crippen LogP contribution in [0.1, 0.15) is 28.9 Å². The minimum absolute atomic E-state index is 0.273. The molecule has 0 unspecified atom stereocenters. The van der Waals surface area contributed by atoms with Crippen LogP contribution >= 0.6 is 0 Å². The van der Waals surface area contributed by atoms with Crippen molar-refractivity contribution in [3.05, 3.63) is 23.5 Å². The van der Waals surface area contributed by atoms with Crippen LogP contribution in [0.5, 0.6) is 0 Å². The first-order valence-electron chi connectivity index (χ1n) is 5.53. The fourth-order valence-corrected chi connectivity index (χ4v) is 2.09. The SMILES string of the molecule is CNC1(Cc2cc(C(=O)OC)n(C)c2)CC1. The van der Waals surface area contributed by atoms with Crippen molar-refractivity contribution >= 4 is 5.97 Å². The number of hydrogen-bond donors (Lipinski definition) is 1. The maximum Gasteiger partial charge on any atom is 0.354 e. The summed E-state index contributed by atoms with van der Waals surface area (Å²) < 4.78 is 6.55. The summed E-state index contributed by atoms with van der Waals surface area (Å²) in [5, 5.41) is 3.35. The Morgan fingerprint density at radius 2 is 2.31 bits per heavy atom. The Balaban J connectivity index is 2.15. The van der Waals surface area contributed by atoms with E-state index in [0.29, 0.717) is 5.69 Å². The van der Waals surface area contributed by atoms with Crippen LogP contribution in [-0.4, -0.2) is 30.2 Å². The van der Waals surface area contributed by atoms with Gasteiger partial charge in [-0.15, -0.1) is 0 Å². The summed E-state index contributed by atoms with van der Waals surface area (Å²) in [6.07, 6.45) is 5.41. The summed E-state index contributed by atoms with van der Waals surface area (Å²) >= 11 is 0. The Kier molecular flexibility index (Phi) is 2.76. The summed E-state index contributed by atoms with van der Waals surface area (Å²) in [6.45, 7) is 0. The van der Waals surface area contributed by atoms with E-state index in [4.69, 9.17) is 4.74 Å². The van der Waals surface area contributed by atoms with Crippen molar-refractivity contribution in [3.63, 3.8) is 0 Å². The highest BCUT2D eigenvalue weighted by atomic mass is 16.5. The summed E-state index contributed by atoms with van der Waals surface area (Å²) in [4.78, 5) is 11.4. The number of nitrogens with one attached hydrogen (secondary N) is 1. The molecule has 1 heterocycles. The summed E-state index contributed by atoms with van der Waals surface area (Å²) in [5.41, 5.74) is 2.08. The predicted molar refractivity (Wildman–Crippen MR) is 61.5 cm³/mol. The average molecular weight is 222 g/mol. The van der Waals surface area contributed by atoms with Crippen molar-refractivity contribution < 1.29 is 9.53 Å². The van der Waals surface area contributed by atoms with E-state index >= 15 is 0 Å². The minimum Gasteiger partial charge on any atom is -0.464 e. The number of rotatable bonds is 4. The zero-order chi connectivity index (χ0) is 11.8. The number of nitrogens with zero attached hydrogens (tertiary/aromatic N) is 1. The van der Waals surface area contributed by atoms with Crippen LogP contribution in [0.25, 0.3) is 0 Å². The molecule has 1 aliphatic rings. The van der Waals surface area contributed by atoms with E-state index in [1.54, 1.807) is 0 Å². The molecule has 1 saturated carbocycles. The Labute approximate surface area is 95.6 Å². The van der Waals surface area contributed by atoms with Crippen LogP contribution in [0, 0.1) is 0 Å². The van der Waals surface area contributed by atoms with Gasteiger partial charge in [-0.25, -0.2) is 4.79 Å². The zero-order valence-corrected chi connectivity index (χ0v) is 10.0. The number of methoxy groups -OCH3 is 1. The lowest BCUT2D eigenvalue weighted by Crippen LogP contribution is -2.29. The molecule has 0 radical (unpaired) electrons. The number of hydrogen-bond acceptors (Lipinski definition) is 3. The van der Waals surface area contributed by atoms with Crippen molar-refractivity contribution in [2.75, 3.05) is 14.2 Å². The summed E-state index contributed by atoms with van der Waals surface area (Å²) in [5.74, 6) is -0.275. The Bertz CT molecular complexity index is 405. The van der Waals surface area contributed by atoms with Crippen molar-refractivity contribution in [2.24, 2.45) is 7.05 Å². The van der Waals surface area contributed by atoms with Gasteiger partial charge in [0.2, 0.25) is 0 Å². The van der Waals surface area contributed by atoms with Crippen molar-refractivity contribution in [3.8, 4) is 0 Å². The molecule has 0 spiro atoms. The van der Waals surface area contributed by atoms with Gasteiger partial charge >= 0.3 is 5.97 Å². The first-order valence-corrected chi connectivity index (χ1v) is 5.53. The fourth-order valence-electron chi connectivity index (χ4n) is 2.09. The molecule has 0 atom stereocenters. The first kappa shape index (κ1) is 11.2. The molecule has 1 N–H and O–H groups in total. The van der Waals surface area contributed by atoms with Gasteiger partial charge in [0.1, 0.15) is 5.69 Å². The smallest absolute Gasteiger partial charge is 0.354 e. The molecular weight excluding hydrogens is 204 g/mol. The van der Waals surface area contributed by atoms with Crippen LogP contribution in [0.2, 0.25) is 0 Å². The molecule has 4 heteroatoms. The average Bonchev–Trinajstić information content (AvgIpc) is 2.95. The van der Waals surface area contributed by atoms with Crippen molar-refractivity contribution in [1.82, 2.24) is 9.88 Å². The number of likely N-dealkylation sites (N-methyl/N-ethyl adjacent to an activating group) is 1. The molecule has 1 fully saturated rings. The van der Waals surface area contributed by atoms with Gasteiger partial charge in [-0.1, -0.05) is 0 Å². The van der Waals surface area contributed by atoms with Crippen LogP contribution in [0.4, 0.5) is 0 Å². The van der Waals surface area contributed by atoms with E-state index in [0.717, 1.165) is 6.42 Å². The highest BCUT2D eigenvalue weighted by molar-refractivity contribution is 5.87. The lowest BCUT2D eigenvalue weighted by Gasteiger charge is -2.11. The van der Waals surface area contributed by atoms with Gasteiger partial charge in [0, 0.05) is 18.8 Å². The minimum atomic E-state index is -0.275. The number of carbonyl (C=O) groups excluding carboxylic acids is 1. The normalized spacial score (nSPS) is 17.2. The lowest BCUT2D eigenvalue weighted by atomic mass is 10.1. The predicted octanol–water partition coefficient (Wildman–Crippen LogP) is 1.11. The Hall–Kier alpha value is -1.29. The number of ether oxygens (including phenoxy) is 1. The van der Waals surface area contributed by atoms with Gasteiger partial charge in [0.15, 0.2) is 0 Å². The van der Waals surface area contributed by atoms with Gasteiger partial charge in [-0.3, -0.25) is 0 Å². The second-order valence-corrected chi connectivity index (χ2v) is 4.54. The van der Waals surface area contributed by atoms with Crippen LogP contribution in [0.3, 0.4) is 0 Å². The lowest BCUT2D eigenvalue weighted by molar-refractivity contribution is 0.0590. The second kappa shape index (κ2) is 3.94. The maximum atomic E-state index is 11.4. The van der Waals surface area contributed by atoms with E-state index in [1.165, 1.54) is 25.5 Å². The Morgan fingerprint density at radius 1 is 1.62 bits per heavy atom. The number of carbonyl (C=O) groups is 1. The standard InChI is InChI=1S/C12H18N2O2/c1-13-12(4-5-12)7-9-6-10(11(15)16-3)14(2)8-9/h6,8,13H,4-5,7H2,1-3H3. The van der Waals surface area contributed by atoms with Crippen LogP contribution in [0.15, 0.2) is 12.3 Å². The third kappa shape index (κ3) is 1.97. The maximum absolute atomic E-state index is 11.4. The van der Waals surface area contributed by atoms with Crippen molar-refractivity contribution in [2.45, 2.75) is 24.8 Å². The molecule has 16 heavy (non-hydrogen) atoms. The summed E-state index contributed by atoms with van der Waals surface area (Å²) in [7, 11) is 5.27. The molecule has 2 rings (SSSR count). The molecule has 4 nitrogen and oxygen atoms in total. The van der Waals surface area contributed by atoms with Crippen LogP contribution < -0.4 is 5.32 Å². The van der Waals surface area contributed by atoms with E-state index in [1.807, 2.05) is 30.9 Å². The quantitative estimate of drug-likeness (QED) is 0.776. The number of aromatic nitrogens is 1. The largest absolute Gasteiger partial charge is 0.464 e. The molecular formula is C12H18N2O2. The highest BCUT2D eigenvalue weighted by Crippen LogP contribution is 2.38. The zero-order valence-electron chi connectivity index (χ0n) is 10.0. The number of esters is 1. The van der Waals surface area contributed by atoms with Gasteiger partial charge in [0.25, 0.3) is 0 Å². The molecule has 1 aromatic rings. The topological polar surface area (TPSA) is 43.3 Å². The van der Waals surface area contributed by atoms with E-state index in [2.05, 4.69) is 5.32 Å². The molecule has 0 amide bonds. The van der Waals surface area contributed by atoms with E-state index < -0.39 is 0 Å². The summed E-state index contributed by atoms with van der Waals surface area (Å²) in [6, 6.07) is 1.92. The van der Waals surface area contributed by atoms with Crippen molar-refractivity contribution in [1.29, 1.82) is 0 Å². The molecule has 88 valence electrons. The molecule has 0 aromatic carbocycles.